The molecule has 0 saturated carbocycles. The molecular formula is C21H26N2O. The Labute approximate surface area is 144 Å². The number of nitrogens with zero attached hydrogens (tertiary/aromatic N) is 1. The first-order valence-electron chi connectivity index (χ1n) is 9.02. The monoisotopic (exact) mass is 322 g/mol. The van der Waals surface area contributed by atoms with Crippen LogP contribution in [-0.2, 0) is 24.4 Å². The Morgan fingerprint density at radius 1 is 1.12 bits per heavy atom. The molecule has 1 atom stereocenters. The summed E-state index contributed by atoms with van der Waals surface area (Å²) in [6.45, 7) is 7.14. The van der Waals surface area contributed by atoms with Crippen molar-refractivity contribution in [2.24, 2.45) is 0 Å². The second-order valence-corrected chi connectivity index (χ2v) is 7.08. The molecule has 2 aliphatic heterocycles. The number of anilines is 1. The fourth-order valence-corrected chi connectivity index (χ4v) is 3.80. The third kappa shape index (κ3) is 3.47. The summed E-state index contributed by atoms with van der Waals surface area (Å²) < 4.78 is 5.80. The quantitative estimate of drug-likeness (QED) is 0.897. The molecule has 0 aromatic heterocycles. The highest BCUT2D eigenvalue weighted by molar-refractivity contribution is 5.46. The van der Waals surface area contributed by atoms with E-state index in [-0.39, 0.29) is 0 Å². The molecule has 2 aromatic rings. The van der Waals surface area contributed by atoms with Crippen LogP contribution in [0.15, 0.2) is 42.5 Å². The average Bonchev–Trinajstić information content (AvgIpc) is 3.24. The van der Waals surface area contributed by atoms with E-state index < -0.39 is 0 Å². The maximum atomic E-state index is 5.80. The number of ether oxygens (including phenoxy) is 1. The molecule has 0 spiro atoms. The average molecular weight is 322 g/mol. The molecule has 1 saturated heterocycles. The normalized spacial score (nSPS) is 20.3. The summed E-state index contributed by atoms with van der Waals surface area (Å²) in [6.07, 6.45) is 2.87. The van der Waals surface area contributed by atoms with E-state index in [0.717, 1.165) is 32.8 Å². The van der Waals surface area contributed by atoms with Gasteiger partial charge in [-0.2, -0.15) is 0 Å². The molecule has 1 fully saturated rings. The Bertz CT molecular complexity index is 689. The van der Waals surface area contributed by atoms with Crippen molar-refractivity contribution in [3.8, 4) is 0 Å². The maximum Gasteiger partial charge on any atom is 0.0703 e. The summed E-state index contributed by atoms with van der Waals surface area (Å²) in [6, 6.07) is 15.4. The van der Waals surface area contributed by atoms with Gasteiger partial charge in [-0.1, -0.05) is 35.9 Å². The Balaban J connectivity index is 1.41. The van der Waals surface area contributed by atoms with E-state index in [9.17, 15) is 0 Å². The third-order valence-electron chi connectivity index (χ3n) is 5.17. The highest BCUT2D eigenvalue weighted by atomic mass is 16.5. The number of hydrogen-bond donors (Lipinski definition) is 1. The summed E-state index contributed by atoms with van der Waals surface area (Å²) >= 11 is 0. The molecular weight excluding hydrogens is 296 g/mol. The van der Waals surface area contributed by atoms with E-state index in [4.69, 9.17) is 4.74 Å². The summed E-state index contributed by atoms with van der Waals surface area (Å²) in [5, 5.41) is 3.56. The van der Waals surface area contributed by atoms with Crippen LogP contribution in [0.3, 0.4) is 0 Å². The minimum Gasteiger partial charge on any atom is -0.381 e. The molecule has 1 N–H and O–H groups in total. The lowest BCUT2D eigenvalue weighted by Gasteiger charge is -2.19. The smallest absolute Gasteiger partial charge is 0.0703 e. The first-order chi connectivity index (χ1) is 11.8. The molecule has 0 bridgehead atoms. The van der Waals surface area contributed by atoms with Crippen molar-refractivity contribution in [1.82, 2.24) is 4.90 Å². The van der Waals surface area contributed by atoms with E-state index in [1.807, 2.05) is 0 Å². The molecule has 0 aliphatic carbocycles. The predicted molar refractivity (Wildman–Crippen MR) is 98.0 cm³/mol. The molecule has 0 amide bonds. The lowest BCUT2D eigenvalue weighted by molar-refractivity contribution is 0.0723. The van der Waals surface area contributed by atoms with E-state index in [1.165, 1.54) is 40.8 Å². The van der Waals surface area contributed by atoms with Gasteiger partial charge < -0.3 is 10.1 Å². The highest BCUT2D eigenvalue weighted by Gasteiger charge is 2.25. The lowest BCUT2D eigenvalue weighted by Crippen LogP contribution is -2.27. The summed E-state index contributed by atoms with van der Waals surface area (Å²) in [4.78, 5) is 2.54. The number of fused-ring (bicyclic) bond motifs is 1. The minimum atomic E-state index is 0.438. The van der Waals surface area contributed by atoms with E-state index in [2.05, 4.69) is 59.6 Å². The largest absolute Gasteiger partial charge is 0.381 e. The van der Waals surface area contributed by atoms with Gasteiger partial charge in [-0.25, -0.2) is 0 Å². The Hall–Kier alpha value is -1.84. The number of hydrogen-bond acceptors (Lipinski definition) is 3. The van der Waals surface area contributed by atoms with Crippen molar-refractivity contribution >= 4 is 5.69 Å². The molecule has 3 nitrogen and oxygen atoms in total. The zero-order chi connectivity index (χ0) is 16.4. The van der Waals surface area contributed by atoms with Crippen molar-refractivity contribution in [3.63, 3.8) is 0 Å². The van der Waals surface area contributed by atoms with Crippen LogP contribution < -0.4 is 5.32 Å². The topological polar surface area (TPSA) is 24.5 Å². The van der Waals surface area contributed by atoms with Crippen LogP contribution in [0.2, 0.25) is 0 Å². The van der Waals surface area contributed by atoms with Crippen molar-refractivity contribution in [3.05, 3.63) is 64.7 Å². The van der Waals surface area contributed by atoms with Gasteiger partial charge in [0, 0.05) is 38.5 Å². The van der Waals surface area contributed by atoms with Crippen LogP contribution in [0.5, 0.6) is 0 Å². The van der Waals surface area contributed by atoms with Crippen molar-refractivity contribution in [2.45, 2.75) is 45.5 Å². The standard InChI is InChI=1S/C21H26N2O/c1-16-7-9-19(10-8-16)22-12-17-4-2-5-18-13-23(15-21(17)18)14-20-6-3-11-24-20/h2,4-5,7-10,20,22H,3,6,11-15H2,1H3. The van der Waals surface area contributed by atoms with Gasteiger partial charge in [0.2, 0.25) is 0 Å². The van der Waals surface area contributed by atoms with Crippen molar-refractivity contribution in [2.75, 3.05) is 18.5 Å². The fourth-order valence-electron chi connectivity index (χ4n) is 3.80. The van der Waals surface area contributed by atoms with Crippen LogP contribution in [0.4, 0.5) is 5.69 Å². The Kier molecular flexibility index (Phi) is 4.54. The first-order valence-corrected chi connectivity index (χ1v) is 9.02. The second-order valence-electron chi connectivity index (χ2n) is 7.08. The first kappa shape index (κ1) is 15.7. The SMILES string of the molecule is Cc1ccc(NCc2cccc3c2CN(CC2CCCO2)C3)cc1. The molecule has 126 valence electrons. The molecule has 0 radical (unpaired) electrons. The van der Waals surface area contributed by atoms with Crippen LogP contribution in [-0.4, -0.2) is 24.2 Å². The molecule has 3 heteroatoms. The van der Waals surface area contributed by atoms with Gasteiger partial charge in [0.25, 0.3) is 0 Å². The lowest BCUT2D eigenvalue weighted by atomic mass is 10.0. The maximum absolute atomic E-state index is 5.80. The molecule has 2 aromatic carbocycles. The van der Waals surface area contributed by atoms with Gasteiger partial charge in [-0.05, 0) is 48.6 Å². The zero-order valence-corrected chi connectivity index (χ0v) is 14.4. The summed E-state index contributed by atoms with van der Waals surface area (Å²) in [5.41, 5.74) is 6.90. The molecule has 2 aliphatic rings. The summed E-state index contributed by atoms with van der Waals surface area (Å²) in [5.74, 6) is 0. The third-order valence-corrected chi connectivity index (χ3v) is 5.17. The number of rotatable bonds is 5. The molecule has 1 unspecified atom stereocenters. The van der Waals surface area contributed by atoms with Gasteiger partial charge in [0.15, 0.2) is 0 Å². The van der Waals surface area contributed by atoms with Crippen LogP contribution in [0.25, 0.3) is 0 Å². The molecule has 4 rings (SSSR count). The van der Waals surface area contributed by atoms with Gasteiger partial charge in [0.1, 0.15) is 0 Å². The van der Waals surface area contributed by atoms with Gasteiger partial charge >= 0.3 is 0 Å². The van der Waals surface area contributed by atoms with Gasteiger partial charge in [-0.3, -0.25) is 4.90 Å². The summed E-state index contributed by atoms with van der Waals surface area (Å²) in [7, 11) is 0. The van der Waals surface area contributed by atoms with Crippen molar-refractivity contribution in [1.29, 1.82) is 0 Å². The molecule has 24 heavy (non-hydrogen) atoms. The van der Waals surface area contributed by atoms with Crippen LogP contribution >= 0.6 is 0 Å². The molecule has 2 heterocycles. The Morgan fingerprint density at radius 2 is 2.00 bits per heavy atom. The van der Waals surface area contributed by atoms with Crippen LogP contribution in [0.1, 0.15) is 35.1 Å². The van der Waals surface area contributed by atoms with E-state index in [0.29, 0.717) is 6.10 Å². The van der Waals surface area contributed by atoms with Crippen molar-refractivity contribution < 1.29 is 4.74 Å². The highest BCUT2D eigenvalue weighted by Crippen LogP contribution is 2.28. The number of nitrogens with one attached hydrogen (secondary N) is 1. The second kappa shape index (κ2) is 6.96. The predicted octanol–water partition coefficient (Wildman–Crippen LogP) is 4.10. The van der Waals surface area contributed by atoms with Gasteiger partial charge in [0.05, 0.1) is 6.10 Å². The minimum absolute atomic E-state index is 0.438. The Morgan fingerprint density at radius 3 is 2.79 bits per heavy atom. The van der Waals surface area contributed by atoms with Crippen LogP contribution in [0, 0.1) is 6.92 Å². The van der Waals surface area contributed by atoms with Gasteiger partial charge in [-0.15, -0.1) is 0 Å². The van der Waals surface area contributed by atoms with E-state index >= 15 is 0 Å². The zero-order valence-electron chi connectivity index (χ0n) is 14.4. The van der Waals surface area contributed by atoms with E-state index in [1.54, 1.807) is 0 Å². The fraction of sp³-hybridized carbons (Fsp3) is 0.429. The number of aryl methyl sites for hydroxylation is 1. The number of benzene rings is 2.